The molecule has 2 aromatic carbocycles. The van der Waals surface area contributed by atoms with E-state index in [-0.39, 0.29) is 30.9 Å². The lowest BCUT2D eigenvalue weighted by Gasteiger charge is -2.27. The van der Waals surface area contributed by atoms with Crippen LogP contribution in [0.3, 0.4) is 0 Å². The van der Waals surface area contributed by atoms with Gasteiger partial charge >= 0.3 is 0 Å². The summed E-state index contributed by atoms with van der Waals surface area (Å²) < 4.78 is 11.2. The van der Waals surface area contributed by atoms with Crippen LogP contribution in [-0.2, 0) is 9.59 Å². The number of carbonyl (C=O) groups is 2. The van der Waals surface area contributed by atoms with Crippen LogP contribution in [0.5, 0.6) is 11.5 Å². The normalized spacial score (nSPS) is 15.7. The molecule has 1 N–H and O–H groups in total. The Morgan fingerprint density at radius 3 is 2.79 bits per heavy atom. The fraction of sp³-hybridized carbons (Fsp3) is 0.286. The zero-order valence-electron chi connectivity index (χ0n) is 15.8. The second kappa shape index (κ2) is 8.44. The summed E-state index contributed by atoms with van der Waals surface area (Å²) in [6, 6.07) is 13.7. The highest BCUT2D eigenvalue weighted by Gasteiger charge is 2.29. The zero-order chi connectivity index (χ0) is 20.1. The highest BCUT2D eigenvalue weighted by molar-refractivity contribution is 6.04. The molecule has 0 saturated carbocycles. The molecule has 7 nitrogen and oxygen atoms in total. The maximum atomic E-state index is 13.0. The molecular weight excluding hydrogens is 358 g/mol. The fourth-order valence-electron chi connectivity index (χ4n) is 3.14. The lowest BCUT2D eigenvalue weighted by atomic mass is 10.1. The van der Waals surface area contributed by atoms with Crippen molar-refractivity contribution in [2.75, 3.05) is 23.4 Å². The molecular formula is C21H21N3O4. The first-order chi connectivity index (χ1) is 13.5. The maximum absolute atomic E-state index is 13.0. The van der Waals surface area contributed by atoms with Crippen LogP contribution >= 0.6 is 0 Å². The van der Waals surface area contributed by atoms with E-state index in [1.54, 1.807) is 41.3 Å². The first-order valence-corrected chi connectivity index (χ1v) is 9.04. The molecule has 0 bridgehead atoms. The molecule has 2 aromatic rings. The molecule has 1 unspecified atom stereocenters. The topological polar surface area (TPSA) is 91.7 Å². The lowest BCUT2D eigenvalue weighted by molar-refractivity contribution is -0.121. The van der Waals surface area contributed by atoms with E-state index in [0.717, 1.165) is 0 Å². The number of anilines is 2. The smallest absolute Gasteiger partial charge is 0.265 e. The molecule has 1 aliphatic rings. The quantitative estimate of drug-likeness (QED) is 0.862. The van der Waals surface area contributed by atoms with Crippen molar-refractivity contribution in [2.45, 2.75) is 26.3 Å². The average Bonchev–Trinajstić information content (AvgIpc) is 2.81. The SMILES string of the molecule is CCOc1cc(C#N)ccc1OCC(=O)N1c2ccccc2NC(=O)CC1C. The van der Waals surface area contributed by atoms with Crippen LogP contribution in [0, 0.1) is 11.3 Å². The van der Waals surface area contributed by atoms with E-state index in [9.17, 15) is 9.59 Å². The van der Waals surface area contributed by atoms with Crippen LogP contribution in [0.25, 0.3) is 0 Å². The predicted molar refractivity (Wildman–Crippen MR) is 104 cm³/mol. The van der Waals surface area contributed by atoms with Gasteiger partial charge in [0.05, 0.1) is 29.6 Å². The fourth-order valence-corrected chi connectivity index (χ4v) is 3.14. The third-order valence-electron chi connectivity index (χ3n) is 4.35. The van der Waals surface area contributed by atoms with Crippen LogP contribution in [0.4, 0.5) is 11.4 Å². The summed E-state index contributed by atoms with van der Waals surface area (Å²) in [5.41, 5.74) is 1.68. The zero-order valence-corrected chi connectivity index (χ0v) is 15.8. The molecule has 1 atom stereocenters. The largest absolute Gasteiger partial charge is 0.490 e. The lowest BCUT2D eigenvalue weighted by Crippen LogP contribution is -2.41. The van der Waals surface area contributed by atoms with E-state index in [1.807, 2.05) is 26.0 Å². The predicted octanol–water partition coefficient (Wildman–Crippen LogP) is 3.10. The van der Waals surface area contributed by atoms with Crippen LogP contribution < -0.4 is 19.7 Å². The number of hydrogen-bond acceptors (Lipinski definition) is 5. The second-order valence-corrected chi connectivity index (χ2v) is 6.38. The monoisotopic (exact) mass is 379 g/mol. The Morgan fingerprint density at radius 2 is 2.04 bits per heavy atom. The van der Waals surface area contributed by atoms with Gasteiger partial charge in [-0.25, -0.2) is 0 Å². The van der Waals surface area contributed by atoms with Crippen molar-refractivity contribution in [2.24, 2.45) is 0 Å². The number of nitriles is 1. The van der Waals surface area contributed by atoms with Crippen molar-refractivity contribution in [3.63, 3.8) is 0 Å². The summed E-state index contributed by atoms with van der Waals surface area (Å²) in [6.45, 7) is 3.84. The van der Waals surface area contributed by atoms with Crippen LogP contribution in [-0.4, -0.2) is 31.1 Å². The van der Waals surface area contributed by atoms with Gasteiger partial charge in [-0.2, -0.15) is 5.26 Å². The highest BCUT2D eigenvalue weighted by atomic mass is 16.5. The van der Waals surface area contributed by atoms with Gasteiger partial charge in [0.15, 0.2) is 18.1 Å². The Morgan fingerprint density at radius 1 is 1.25 bits per heavy atom. The summed E-state index contributed by atoms with van der Waals surface area (Å²) in [7, 11) is 0. The molecule has 2 amide bonds. The molecule has 7 heteroatoms. The van der Waals surface area contributed by atoms with Crippen LogP contribution in [0.2, 0.25) is 0 Å². The number of para-hydroxylation sites is 2. The Bertz CT molecular complexity index is 935. The minimum atomic E-state index is -0.313. The number of benzene rings is 2. The minimum absolute atomic E-state index is 0.137. The Labute approximate surface area is 163 Å². The Hall–Kier alpha value is -3.53. The van der Waals surface area contributed by atoms with Gasteiger partial charge in [0.25, 0.3) is 5.91 Å². The summed E-state index contributed by atoms with van der Waals surface area (Å²) in [4.78, 5) is 26.6. The van der Waals surface area contributed by atoms with E-state index in [4.69, 9.17) is 14.7 Å². The molecule has 0 fully saturated rings. The minimum Gasteiger partial charge on any atom is -0.490 e. The standard InChI is InChI=1S/C21H21N3O4/c1-3-27-19-11-15(12-22)8-9-18(19)28-13-21(26)24-14(2)10-20(25)23-16-6-4-5-7-17(16)24/h4-9,11,14H,3,10,13H2,1-2H3,(H,23,25). The first-order valence-electron chi connectivity index (χ1n) is 9.04. The van der Waals surface area contributed by atoms with Gasteiger partial charge in [-0.05, 0) is 38.1 Å². The van der Waals surface area contributed by atoms with Crippen molar-refractivity contribution in [3.05, 3.63) is 48.0 Å². The number of nitrogens with one attached hydrogen (secondary N) is 1. The van der Waals surface area contributed by atoms with Crippen LogP contribution in [0.15, 0.2) is 42.5 Å². The molecule has 28 heavy (non-hydrogen) atoms. The summed E-state index contributed by atoms with van der Waals surface area (Å²) in [6.07, 6.45) is 0.196. The summed E-state index contributed by atoms with van der Waals surface area (Å²) >= 11 is 0. The number of ether oxygens (including phenoxy) is 2. The van der Waals surface area contributed by atoms with Crippen molar-refractivity contribution in [1.29, 1.82) is 5.26 Å². The van der Waals surface area contributed by atoms with Crippen molar-refractivity contribution in [3.8, 4) is 17.6 Å². The summed E-state index contributed by atoms with van der Waals surface area (Å²) in [5, 5.41) is 11.9. The third-order valence-corrected chi connectivity index (χ3v) is 4.35. The maximum Gasteiger partial charge on any atom is 0.265 e. The van der Waals surface area contributed by atoms with E-state index in [1.165, 1.54) is 0 Å². The highest BCUT2D eigenvalue weighted by Crippen LogP contribution is 2.32. The number of amides is 2. The van der Waals surface area contributed by atoms with Gasteiger partial charge < -0.3 is 19.7 Å². The van der Waals surface area contributed by atoms with E-state index >= 15 is 0 Å². The van der Waals surface area contributed by atoms with Gasteiger partial charge in [0, 0.05) is 18.5 Å². The number of fused-ring (bicyclic) bond motifs is 1. The molecule has 1 aliphatic heterocycles. The number of hydrogen-bond donors (Lipinski definition) is 1. The Kier molecular flexibility index (Phi) is 5.80. The van der Waals surface area contributed by atoms with Crippen molar-refractivity contribution >= 4 is 23.2 Å². The molecule has 0 radical (unpaired) electrons. The van der Waals surface area contributed by atoms with E-state index in [2.05, 4.69) is 5.32 Å². The Balaban J connectivity index is 1.82. The first kappa shape index (κ1) is 19.2. The number of carbonyl (C=O) groups excluding carboxylic acids is 2. The molecule has 0 aliphatic carbocycles. The van der Waals surface area contributed by atoms with E-state index in [0.29, 0.717) is 35.0 Å². The molecule has 0 spiro atoms. The second-order valence-electron chi connectivity index (χ2n) is 6.38. The average molecular weight is 379 g/mol. The molecule has 0 aromatic heterocycles. The van der Waals surface area contributed by atoms with Gasteiger partial charge in [0.2, 0.25) is 5.91 Å². The van der Waals surface area contributed by atoms with Crippen LogP contribution in [0.1, 0.15) is 25.8 Å². The molecule has 3 rings (SSSR count). The third kappa shape index (κ3) is 4.07. The van der Waals surface area contributed by atoms with Gasteiger partial charge in [-0.1, -0.05) is 12.1 Å². The van der Waals surface area contributed by atoms with Gasteiger partial charge in [0.1, 0.15) is 0 Å². The molecule has 144 valence electrons. The summed E-state index contributed by atoms with van der Waals surface area (Å²) in [5.74, 6) is 0.389. The molecule has 1 heterocycles. The molecule has 0 saturated heterocycles. The van der Waals surface area contributed by atoms with Gasteiger partial charge in [-0.15, -0.1) is 0 Å². The van der Waals surface area contributed by atoms with Crippen molar-refractivity contribution in [1.82, 2.24) is 0 Å². The van der Waals surface area contributed by atoms with E-state index < -0.39 is 0 Å². The van der Waals surface area contributed by atoms with Crippen molar-refractivity contribution < 1.29 is 19.1 Å². The number of rotatable bonds is 5. The van der Waals surface area contributed by atoms with Gasteiger partial charge in [-0.3, -0.25) is 9.59 Å². The number of nitrogens with zero attached hydrogens (tertiary/aromatic N) is 2.